The highest BCUT2D eigenvalue weighted by Crippen LogP contribution is 2.26. The topological polar surface area (TPSA) is 153 Å². The van der Waals surface area contributed by atoms with Gasteiger partial charge in [-0.05, 0) is 0 Å². The Morgan fingerprint density at radius 1 is 1.21 bits per heavy atom. The standard InChI is InChI=1S/C6H11NO7/c7-5(12)6(13)3(10)1(8)2(9)4(11)14-6/h1-4,8-11,13H,(H2,7,12)/t1-,2-,3-,4-,6+/m1/s1. The Hall–Kier alpha value is -0.770. The van der Waals surface area contributed by atoms with E-state index in [1.54, 1.807) is 0 Å². The molecule has 8 heteroatoms. The fourth-order valence-corrected chi connectivity index (χ4v) is 1.11. The lowest BCUT2D eigenvalue weighted by molar-refractivity contribution is -0.365. The molecule has 0 aliphatic carbocycles. The van der Waals surface area contributed by atoms with Crippen molar-refractivity contribution in [3.05, 3.63) is 0 Å². The summed E-state index contributed by atoms with van der Waals surface area (Å²) in [6.07, 6.45) is -7.90. The number of primary amides is 1. The molecule has 0 unspecified atom stereocenters. The largest absolute Gasteiger partial charge is 0.387 e. The van der Waals surface area contributed by atoms with Gasteiger partial charge in [0.1, 0.15) is 18.3 Å². The maximum Gasteiger partial charge on any atom is 0.280 e. The fraction of sp³-hybridized carbons (Fsp3) is 0.833. The second-order valence-electron chi connectivity index (χ2n) is 3.00. The Kier molecular flexibility index (Phi) is 2.76. The zero-order chi connectivity index (χ0) is 11.1. The molecule has 1 fully saturated rings. The van der Waals surface area contributed by atoms with Gasteiger partial charge in [0.2, 0.25) is 0 Å². The van der Waals surface area contributed by atoms with E-state index in [-0.39, 0.29) is 0 Å². The number of carbonyl (C=O) groups excluding carboxylic acids is 1. The maximum atomic E-state index is 10.7. The minimum absolute atomic E-state index is 1.48. The number of amides is 1. The van der Waals surface area contributed by atoms with Crippen LogP contribution in [0.4, 0.5) is 0 Å². The molecule has 0 spiro atoms. The Labute approximate surface area is 78.1 Å². The summed E-state index contributed by atoms with van der Waals surface area (Å²) in [5.74, 6) is -4.38. The van der Waals surface area contributed by atoms with Gasteiger partial charge in [-0.1, -0.05) is 0 Å². The molecule has 0 aromatic carbocycles. The van der Waals surface area contributed by atoms with Gasteiger partial charge in [-0.15, -0.1) is 0 Å². The summed E-state index contributed by atoms with van der Waals surface area (Å²) in [7, 11) is 0. The van der Waals surface area contributed by atoms with E-state index in [0.29, 0.717) is 0 Å². The van der Waals surface area contributed by atoms with Crippen molar-refractivity contribution in [2.75, 3.05) is 0 Å². The van der Waals surface area contributed by atoms with Gasteiger partial charge in [0.25, 0.3) is 11.7 Å². The number of hydrogen-bond acceptors (Lipinski definition) is 7. The normalized spacial score (nSPS) is 48.9. The number of rotatable bonds is 1. The van der Waals surface area contributed by atoms with Gasteiger partial charge in [0, 0.05) is 0 Å². The van der Waals surface area contributed by atoms with Crippen LogP contribution < -0.4 is 5.73 Å². The minimum Gasteiger partial charge on any atom is -0.387 e. The van der Waals surface area contributed by atoms with E-state index < -0.39 is 36.3 Å². The van der Waals surface area contributed by atoms with Crippen LogP contribution in [0.1, 0.15) is 0 Å². The second-order valence-corrected chi connectivity index (χ2v) is 3.00. The van der Waals surface area contributed by atoms with Gasteiger partial charge in [-0.25, -0.2) is 0 Å². The van der Waals surface area contributed by atoms with Gasteiger partial charge in [-0.2, -0.15) is 0 Å². The highest BCUT2D eigenvalue weighted by molar-refractivity contribution is 5.82. The number of carbonyl (C=O) groups is 1. The summed E-state index contributed by atoms with van der Waals surface area (Å²) in [5, 5.41) is 45.5. The third-order valence-electron chi connectivity index (χ3n) is 2.02. The molecule has 1 aliphatic rings. The monoisotopic (exact) mass is 209 g/mol. The Morgan fingerprint density at radius 3 is 2.14 bits per heavy atom. The summed E-state index contributed by atoms with van der Waals surface area (Å²) >= 11 is 0. The molecule has 1 aliphatic heterocycles. The first-order valence-corrected chi connectivity index (χ1v) is 3.73. The molecule has 82 valence electrons. The third kappa shape index (κ3) is 1.47. The molecular formula is C6H11NO7. The Bertz CT molecular complexity index is 246. The lowest BCUT2D eigenvalue weighted by Gasteiger charge is -2.41. The zero-order valence-corrected chi connectivity index (χ0v) is 6.94. The average Bonchev–Trinajstić information content (AvgIpc) is 2.11. The first kappa shape index (κ1) is 11.3. The third-order valence-corrected chi connectivity index (χ3v) is 2.02. The summed E-state index contributed by atoms with van der Waals surface area (Å²) < 4.78 is 4.21. The van der Waals surface area contributed by atoms with Crippen molar-refractivity contribution >= 4 is 5.91 Å². The van der Waals surface area contributed by atoms with Crippen molar-refractivity contribution in [2.45, 2.75) is 30.4 Å². The molecule has 0 radical (unpaired) electrons. The summed E-state index contributed by atoms with van der Waals surface area (Å²) in [4.78, 5) is 10.7. The second kappa shape index (κ2) is 3.42. The molecule has 0 saturated carbocycles. The molecular weight excluding hydrogens is 198 g/mol. The van der Waals surface area contributed by atoms with Crippen molar-refractivity contribution in [1.29, 1.82) is 0 Å². The van der Waals surface area contributed by atoms with Gasteiger partial charge >= 0.3 is 0 Å². The quantitative estimate of drug-likeness (QED) is 0.255. The van der Waals surface area contributed by atoms with Crippen molar-refractivity contribution < 1.29 is 35.1 Å². The van der Waals surface area contributed by atoms with E-state index >= 15 is 0 Å². The fourth-order valence-electron chi connectivity index (χ4n) is 1.11. The summed E-state index contributed by atoms with van der Waals surface area (Å²) in [6.45, 7) is 0. The van der Waals surface area contributed by atoms with Crippen LogP contribution in [-0.2, 0) is 9.53 Å². The highest BCUT2D eigenvalue weighted by Gasteiger charge is 2.56. The smallest absolute Gasteiger partial charge is 0.280 e. The lowest BCUT2D eigenvalue weighted by Crippen LogP contribution is -2.68. The van der Waals surface area contributed by atoms with Gasteiger partial charge in [-0.3, -0.25) is 4.79 Å². The molecule has 1 saturated heterocycles. The molecule has 1 rings (SSSR count). The first-order valence-electron chi connectivity index (χ1n) is 3.73. The molecule has 7 N–H and O–H groups in total. The summed E-state index contributed by atoms with van der Waals surface area (Å²) in [6, 6.07) is 0. The highest BCUT2D eigenvalue weighted by atomic mass is 16.7. The summed E-state index contributed by atoms with van der Waals surface area (Å²) in [5.41, 5.74) is 4.68. The molecule has 0 bridgehead atoms. The number of nitrogens with two attached hydrogens (primary N) is 1. The predicted octanol–water partition coefficient (Wildman–Crippen LogP) is -4.41. The minimum atomic E-state index is -2.90. The average molecular weight is 209 g/mol. The van der Waals surface area contributed by atoms with Gasteiger partial charge in [0.15, 0.2) is 6.29 Å². The number of hydrogen-bond donors (Lipinski definition) is 6. The van der Waals surface area contributed by atoms with E-state index in [0.717, 1.165) is 0 Å². The Balaban J connectivity index is 2.96. The maximum absolute atomic E-state index is 10.7. The van der Waals surface area contributed by atoms with E-state index in [1.165, 1.54) is 0 Å². The van der Waals surface area contributed by atoms with Crippen LogP contribution in [0.5, 0.6) is 0 Å². The van der Waals surface area contributed by atoms with Gasteiger partial charge < -0.3 is 36.0 Å². The predicted molar refractivity (Wildman–Crippen MR) is 39.3 cm³/mol. The van der Waals surface area contributed by atoms with E-state index in [9.17, 15) is 9.90 Å². The van der Waals surface area contributed by atoms with Crippen LogP contribution >= 0.6 is 0 Å². The first-order chi connectivity index (χ1) is 6.30. The van der Waals surface area contributed by atoms with Crippen molar-refractivity contribution in [1.82, 2.24) is 0 Å². The van der Waals surface area contributed by atoms with E-state index in [4.69, 9.17) is 20.4 Å². The molecule has 1 heterocycles. The zero-order valence-electron chi connectivity index (χ0n) is 6.94. The van der Waals surface area contributed by atoms with E-state index in [2.05, 4.69) is 10.5 Å². The number of aliphatic hydroxyl groups excluding tert-OH is 4. The van der Waals surface area contributed by atoms with Gasteiger partial charge in [0.05, 0.1) is 0 Å². The van der Waals surface area contributed by atoms with Crippen LogP contribution in [0.15, 0.2) is 0 Å². The van der Waals surface area contributed by atoms with E-state index in [1.807, 2.05) is 0 Å². The lowest BCUT2D eigenvalue weighted by atomic mass is 9.95. The van der Waals surface area contributed by atoms with Crippen molar-refractivity contribution in [3.8, 4) is 0 Å². The Morgan fingerprint density at radius 2 is 1.71 bits per heavy atom. The van der Waals surface area contributed by atoms with Crippen LogP contribution in [0, 0.1) is 0 Å². The van der Waals surface area contributed by atoms with Crippen LogP contribution in [0.25, 0.3) is 0 Å². The van der Waals surface area contributed by atoms with Crippen molar-refractivity contribution in [3.63, 3.8) is 0 Å². The molecule has 0 aromatic heterocycles. The molecule has 0 aromatic rings. The molecule has 5 atom stereocenters. The number of ether oxygens (including phenoxy) is 1. The van der Waals surface area contributed by atoms with Crippen molar-refractivity contribution in [2.24, 2.45) is 5.73 Å². The number of aliphatic hydroxyl groups is 5. The van der Waals surface area contributed by atoms with Crippen LogP contribution in [0.2, 0.25) is 0 Å². The SMILES string of the molecule is NC(=O)[C@@]1(O)O[C@@H](O)[C@H](O)[C@@H](O)[C@H]1O. The van der Waals surface area contributed by atoms with Crippen LogP contribution in [-0.4, -0.2) is 61.8 Å². The molecule has 14 heavy (non-hydrogen) atoms. The molecule has 8 nitrogen and oxygen atoms in total. The molecule has 1 amide bonds. The van der Waals surface area contributed by atoms with Crippen LogP contribution in [0.3, 0.4) is 0 Å².